The third-order valence-corrected chi connectivity index (χ3v) is 8.55. The first-order valence-corrected chi connectivity index (χ1v) is 14.2. The van der Waals surface area contributed by atoms with Crippen LogP contribution in [0.4, 0.5) is 22.4 Å². The summed E-state index contributed by atoms with van der Waals surface area (Å²) in [6, 6.07) is 1.61. The smallest absolute Gasteiger partial charge is 0.444 e. The lowest BCUT2D eigenvalue weighted by Crippen LogP contribution is -2.55. The summed E-state index contributed by atoms with van der Waals surface area (Å²) in [5.41, 5.74) is 0.300. The van der Waals surface area contributed by atoms with Crippen molar-refractivity contribution in [2.24, 2.45) is 5.92 Å². The summed E-state index contributed by atoms with van der Waals surface area (Å²) < 4.78 is 60.3. The van der Waals surface area contributed by atoms with Gasteiger partial charge in [-0.2, -0.15) is 13.2 Å². The zero-order valence-electron chi connectivity index (χ0n) is 23.4. The second-order valence-electron chi connectivity index (χ2n) is 12.4. The second kappa shape index (κ2) is 10.8. The Morgan fingerprint density at radius 3 is 2.41 bits per heavy atom. The van der Waals surface area contributed by atoms with E-state index in [0.29, 0.717) is 16.5 Å². The molecule has 3 amide bonds. The van der Waals surface area contributed by atoms with Crippen LogP contribution in [0, 0.1) is 11.7 Å². The van der Waals surface area contributed by atoms with Gasteiger partial charge in [0, 0.05) is 36.1 Å². The maximum absolute atomic E-state index is 14.3. The van der Waals surface area contributed by atoms with Crippen molar-refractivity contribution in [3.8, 4) is 0 Å². The molecule has 2 aliphatic heterocycles. The van der Waals surface area contributed by atoms with Gasteiger partial charge in [0.25, 0.3) is 0 Å². The number of carbonyl (C=O) groups is 3. The molecule has 0 spiro atoms. The molecule has 224 valence electrons. The molecule has 41 heavy (non-hydrogen) atoms. The number of benzene rings is 1. The van der Waals surface area contributed by atoms with Crippen LogP contribution in [-0.2, 0) is 14.3 Å². The second-order valence-corrected chi connectivity index (χ2v) is 12.4. The van der Waals surface area contributed by atoms with Gasteiger partial charge in [0.05, 0.1) is 12.1 Å². The number of nitrogens with one attached hydrogen (secondary N) is 2. The number of alkyl carbamates (subject to hydrolysis) is 1. The van der Waals surface area contributed by atoms with E-state index in [9.17, 15) is 31.9 Å². The minimum Gasteiger partial charge on any atom is -0.444 e. The molecule has 1 saturated carbocycles. The summed E-state index contributed by atoms with van der Waals surface area (Å²) in [5, 5.41) is 3.40. The van der Waals surface area contributed by atoms with Crippen LogP contribution < -0.4 is 5.32 Å². The van der Waals surface area contributed by atoms with Crippen molar-refractivity contribution in [1.29, 1.82) is 0 Å². The number of aromatic amines is 1. The molecule has 0 radical (unpaired) electrons. The van der Waals surface area contributed by atoms with E-state index in [1.54, 1.807) is 37.9 Å². The number of halogens is 4. The highest BCUT2D eigenvalue weighted by Crippen LogP contribution is 2.45. The zero-order chi connectivity index (χ0) is 29.7. The van der Waals surface area contributed by atoms with Crippen molar-refractivity contribution in [2.75, 3.05) is 13.1 Å². The van der Waals surface area contributed by atoms with Crippen LogP contribution in [0.2, 0.25) is 0 Å². The molecule has 12 heteroatoms. The van der Waals surface area contributed by atoms with E-state index in [2.05, 4.69) is 10.3 Å². The minimum absolute atomic E-state index is 0.141. The van der Waals surface area contributed by atoms with Crippen molar-refractivity contribution in [3.05, 3.63) is 35.8 Å². The normalized spacial score (nSPS) is 24.4. The SMILES string of the molecule is CC(C)(C)OC(=O)NC(C(=O)N1CCC2C1[C@@H](c1c[nH]c3cc(F)ccc13)CN2C(=O)C(F)(F)F)C1CCCCC1. The maximum Gasteiger partial charge on any atom is 0.471 e. The molecule has 5 rings (SSSR count). The Morgan fingerprint density at radius 1 is 1.05 bits per heavy atom. The first-order valence-electron chi connectivity index (χ1n) is 14.2. The number of carbonyl (C=O) groups excluding carboxylic acids is 3. The monoisotopic (exact) mass is 580 g/mol. The molecule has 3 fully saturated rings. The predicted molar refractivity (Wildman–Crippen MR) is 142 cm³/mol. The maximum atomic E-state index is 14.3. The number of fused-ring (bicyclic) bond motifs is 2. The van der Waals surface area contributed by atoms with Crippen LogP contribution in [0.15, 0.2) is 24.4 Å². The molecule has 2 N–H and O–H groups in total. The van der Waals surface area contributed by atoms with Gasteiger partial charge in [0.2, 0.25) is 5.91 Å². The van der Waals surface area contributed by atoms with Gasteiger partial charge in [-0.05, 0) is 69.7 Å². The number of ether oxygens (including phenoxy) is 1. The van der Waals surface area contributed by atoms with E-state index < -0.39 is 53.6 Å². The molecule has 8 nitrogen and oxygen atoms in total. The Labute approximate surface area is 235 Å². The van der Waals surface area contributed by atoms with Gasteiger partial charge in [-0.1, -0.05) is 19.3 Å². The van der Waals surface area contributed by atoms with Gasteiger partial charge >= 0.3 is 18.2 Å². The summed E-state index contributed by atoms with van der Waals surface area (Å²) >= 11 is 0. The van der Waals surface area contributed by atoms with Crippen LogP contribution in [-0.4, -0.2) is 75.7 Å². The summed E-state index contributed by atoms with van der Waals surface area (Å²) in [6.07, 6.45) is 0.278. The van der Waals surface area contributed by atoms with Crippen LogP contribution in [0.25, 0.3) is 10.9 Å². The minimum atomic E-state index is -5.07. The van der Waals surface area contributed by atoms with Crippen LogP contribution in [0.5, 0.6) is 0 Å². The van der Waals surface area contributed by atoms with Gasteiger partial charge in [-0.25, -0.2) is 9.18 Å². The fourth-order valence-electron chi connectivity index (χ4n) is 6.91. The number of alkyl halides is 3. The number of hydrogen-bond acceptors (Lipinski definition) is 4. The Hall–Kier alpha value is -3.31. The average Bonchev–Trinajstić information content (AvgIpc) is 3.59. The van der Waals surface area contributed by atoms with Gasteiger partial charge < -0.3 is 24.8 Å². The molecule has 3 heterocycles. The van der Waals surface area contributed by atoms with Crippen LogP contribution in [0.1, 0.15) is 70.8 Å². The van der Waals surface area contributed by atoms with Crippen LogP contribution >= 0.6 is 0 Å². The lowest BCUT2D eigenvalue weighted by atomic mass is 9.83. The molecular formula is C29H36F4N4O4. The predicted octanol–water partition coefficient (Wildman–Crippen LogP) is 5.24. The van der Waals surface area contributed by atoms with E-state index in [1.807, 2.05) is 0 Å². The fourth-order valence-corrected chi connectivity index (χ4v) is 6.91. The average molecular weight is 581 g/mol. The molecule has 4 atom stereocenters. The van der Waals surface area contributed by atoms with E-state index in [-0.39, 0.29) is 31.3 Å². The van der Waals surface area contributed by atoms with Gasteiger partial charge in [0.1, 0.15) is 17.5 Å². The first-order chi connectivity index (χ1) is 19.2. The third-order valence-electron chi connectivity index (χ3n) is 8.55. The van der Waals surface area contributed by atoms with E-state index in [0.717, 1.165) is 37.0 Å². The number of hydrogen-bond donors (Lipinski definition) is 2. The summed E-state index contributed by atoms with van der Waals surface area (Å²) in [4.78, 5) is 45.0. The number of rotatable bonds is 4. The zero-order valence-corrected chi connectivity index (χ0v) is 23.4. The standard InChI is InChI=1S/C29H36F4N4O4/c1-28(2,3)41-27(40)35-23(16-7-5-4-6-8-16)25(38)36-12-11-22-24(36)20(15-37(22)26(39)29(31,32)33)19-14-34-21-13-17(30)9-10-18(19)21/h9-10,13-14,16,20,22-24,34H,4-8,11-12,15H2,1-3H3,(H,35,40)/t20-,22?,23?,24?/m1/s1. The molecule has 2 aromatic rings. The first kappa shape index (κ1) is 29.2. The van der Waals surface area contributed by atoms with Crippen molar-refractivity contribution in [3.63, 3.8) is 0 Å². The van der Waals surface area contributed by atoms with E-state index in [4.69, 9.17) is 4.74 Å². The van der Waals surface area contributed by atoms with Crippen molar-refractivity contribution in [2.45, 2.75) is 95.1 Å². The molecule has 3 aliphatic rings. The highest BCUT2D eigenvalue weighted by Gasteiger charge is 2.57. The largest absolute Gasteiger partial charge is 0.471 e. The molecule has 1 aliphatic carbocycles. The van der Waals surface area contributed by atoms with Crippen molar-refractivity contribution < 1.29 is 36.7 Å². The molecule has 1 aromatic heterocycles. The highest BCUT2D eigenvalue weighted by atomic mass is 19.4. The quantitative estimate of drug-likeness (QED) is 0.484. The molecular weight excluding hydrogens is 544 g/mol. The summed E-state index contributed by atoms with van der Waals surface area (Å²) in [6.45, 7) is 5.06. The third kappa shape index (κ3) is 5.88. The summed E-state index contributed by atoms with van der Waals surface area (Å²) in [5.74, 6) is -3.58. The molecule has 1 aromatic carbocycles. The van der Waals surface area contributed by atoms with Crippen molar-refractivity contribution >= 4 is 28.8 Å². The highest BCUT2D eigenvalue weighted by molar-refractivity contribution is 5.89. The number of aromatic nitrogens is 1. The van der Waals surface area contributed by atoms with Crippen LogP contribution in [0.3, 0.4) is 0 Å². The topological polar surface area (TPSA) is 94.7 Å². The molecule has 3 unspecified atom stereocenters. The Kier molecular flexibility index (Phi) is 7.71. The Balaban J connectivity index is 1.50. The number of nitrogens with zero attached hydrogens (tertiary/aromatic N) is 2. The van der Waals surface area contributed by atoms with Gasteiger partial charge in [-0.15, -0.1) is 0 Å². The fraction of sp³-hybridized carbons (Fsp3) is 0.621. The van der Waals surface area contributed by atoms with Gasteiger partial charge in [-0.3, -0.25) is 9.59 Å². The Morgan fingerprint density at radius 2 is 1.76 bits per heavy atom. The Bertz CT molecular complexity index is 1310. The van der Waals surface area contributed by atoms with Crippen molar-refractivity contribution in [1.82, 2.24) is 20.1 Å². The lowest BCUT2D eigenvalue weighted by molar-refractivity contribution is -0.186. The number of likely N-dealkylation sites (tertiary alicyclic amines) is 2. The molecule has 0 bridgehead atoms. The van der Waals surface area contributed by atoms with Gasteiger partial charge in [0.15, 0.2) is 0 Å². The van der Waals surface area contributed by atoms with E-state index in [1.165, 1.54) is 12.1 Å². The number of H-pyrrole nitrogens is 1. The molecule has 2 saturated heterocycles. The summed E-state index contributed by atoms with van der Waals surface area (Å²) in [7, 11) is 0. The van der Waals surface area contributed by atoms with E-state index >= 15 is 0 Å². The lowest BCUT2D eigenvalue weighted by Gasteiger charge is -2.36. The number of amides is 3.